The minimum Gasteiger partial charge on any atom is -0.508 e. The van der Waals surface area contributed by atoms with Crippen LogP contribution in [0.1, 0.15) is 6.92 Å². The van der Waals surface area contributed by atoms with E-state index in [0.29, 0.717) is 12.2 Å². The number of hydrogen-bond donors (Lipinski definition) is 3. The second-order valence-electron chi connectivity index (χ2n) is 6.77. The third kappa shape index (κ3) is 7.26. The molecule has 0 radical (unpaired) electrons. The Morgan fingerprint density at radius 3 is 2.76 bits per heavy atom. The SMILES string of the molecule is CN=C(NC1=CNCN(c2cc(O)ccc2OC(F)(F)F)C1)O[C@H](C)CN(C)C. The summed E-state index contributed by atoms with van der Waals surface area (Å²) in [7, 11) is 5.43. The third-order valence-corrected chi connectivity index (χ3v) is 3.83. The molecule has 162 valence electrons. The lowest BCUT2D eigenvalue weighted by Crippen LogP contribution is -2.44. The van der Waals surface area contributed by atoms with E-state index in [-0.39, 0.29) is 36.8 Å². The van der Waals surface area contributed by atoms with E-state index in [1.807, 2.05) is 25.9 Å². The smallest absolute Gasteiger partial charge is 0.508 e. The van der Waals surface area contributed by atoms with Crippen molar-refractivity contribution in [2.24, 2.45) is 4.99 Å². The third-order valence-electron chi connectivity index (χ3n) is 3.83. The number of halogens is 3. The fourth-order valence-electron chi connectivity index (χ4n) is 2.81. The van der Waals surface area contributed by atoms with Gasteiger partial charge in [0.25, 0.3) is 6.02 Å². The number of phenols is 1. The normalized spacial score (nSPS) is 16.2. The number of phenolic OH excluding ortho intramolecular Hbond substituents is 1. The average molecular weight is 417 g/mol. The second kappa shape index (κ2) is 9.59. The topological polar surface area (TPSA) is 81.6 Å². The highest BCUT2D eigenvalue weighted by atomic mass is 19.4. The number of rotatable bonds is 6. The van der Waals surface area contributed by atoms with Gasteiger partial charge >= 0.3 is 6.36 Å². The first kappa shape index (κ1) is 22.5. The summed E-state index contributed by atoms with van der Waals surface area (Å²) in [5.41, 5.74) is 0.717. The molecule has 2 rings (SSSR count). The highest BCUT2D eigenvalue weighted by Crippen LogP contribution is 2.36. The van der Waals surface area contributed by atoms with Crippen LogP contribution in [0.15, 0.2) is 35.1 Å². The van der Waals surface area contributed by atoms with Crippen molar-refractivity contribution in [3.05, 3.63) is 30.1 Å². The first-order chi connectivity index (χ1) is 13.6. The predicted octanol–water partition coefficient (Wildman–Crippen LogP) is 2.04. The number of alkyl halides is 3. The number of hydrogen-bond acceptors (Lipinski definition) is 7. The number of ether oxygens (including phenoxy) is 2. The molecule has 1 aromatic carbocycles. The summed E-state index contributed by atoms with van der Waals surface area (Å²) in [6, 6.07) is 3.72. The van der Waals surface area contributed by atoms with Gasteiger partial charge in [0.15, 0.2) is 5.75 Å². The number of benzene rings is 1. The van der Waals surface area contributed by atoms with Crippen LogP contribution in [0.5, 0.6) is 11.5 Å². The Kier molecular flexibility index (Phi) is 7.43. The lowest BCUT2D eigenvalue weighted by molar-refractivity contribution is -0.274. The van der Waals surface area contributed by atoms with Crippen molar-refractivity contribution in [2.75, 3.05) is 45.8 Å². The number of aromatic hydroxyl groups is 1. The van der Waals surface area contributed by atoms with Crippen LogP contribution in [0.4, 0.5) is 18.9 Å². The Hall–Kier alpha value is -2.82. The van der Waals surface area contributed by atoms with Gasteiger partial charge in [-0.15, -0.1) is 13.2 Å². The van der Waals surface area contributed by atoms with Gasteiger partial charge in [-0.2, -0.15) is 0 Å². The minimum atomic E-state index is -4.84. The molecule has 0 saturated heterocycles. The number of aliphatic imine (C=N–C) groups is 1. The fourth-order valence-corrected chi connectivity index (χ4v) is 2.81. The maximum absolute atomic E-state index is 12.7. The van der Waals surface area contributed by atoms with Crippen LogP contribution in [0.25, 0.3) is 0 Å². The Morgan fingerprint density at radius 2 is 2.14 bits per heavy atom. The molecule has 0 aliphatic carbocycles. The molecule has 1 aliphatic heterocycles. The molecule has 1 aliphatic rings. The molecule has 1 aromatic rings. The zero-order chi connectivity index (χ0) is 21.6. The molecule has 0 saturated carbocycles. The molecule has 3 N–H and O–H groups in total. The van der Waals surface area contributed by atoms with E-state index in [1.165, 1.54) is 6.07 Å². The molecule has 0 bridgehead atoms. The first-order valence-electron chi connectivity index (χ1n) is 8.88. The van der Waals surface area contributed by atoms with Gasteiger partial charge < -0.3 is 35.0 Å². The van der Waals surface area contributed by atoms with Crippen molar-refractivity contribution in [1.29, 1.82) is 0 Å². The van der Waals surface area contributed by atoms with Gasteiger partial charge in [0.2, 0.25) is 0 Å². The summed E-state index contributed by atoms with van der Waals surface area (Å²) in [5.74, 6) is -0.575. The van der Waals surface area contributed by atoms with Gasteiger partial charge in [0.05, 0.1) is 24.6 Å². The van der Waals surface area contributed by atoms with E-state index >= 15 is 0 Å². The van der Waals surface area contributed by atoms with Crippen LogP contribution in [0.2, 0.25) is 0 Å². The van der Waals surface area contributed by atoms with Crippen molar-refractivity contribution in [3.8, 4) is 11.5 Å². The van der Waals surface area contributed by atoms with E-state index in [4.69, 9.17) is 4.74 Å². The van der Waals surface area contributed by atoms with Crippen molar-refractivity contribution < 1.29 is 27.8 Å². The van der Waals surface area contributed by atoms with Gasteiger partial charge in [-0.1, -0.05) is 0 Å². The summed E-state index contributed by atoms with van der Waals surface area (Å²) in [6.07, 6.45) is -3.28. The summed E-state index contributed by atoms with van der Waals surface area (Å²) in [6.45, 7) is 3.03. The largest absolute Gasteiger partial charge is 0.573 e. The maximum Gasteiger partial charge on any atom is 0.573 e. The van der Waals surface area contributed by atoms with Gasteiger partial charge in [0, 0.05) is 25.9 Å². The quantitative estimate of drug-likeness (QED) is 0.483. The van der Waals surface area contributed by atoms with E-state index in [9.17, 15) is 18.3 Å². The van der Waals surface area contributed by atoms with Crippen LogP contribution in [0.3, 0.4) is 0 Å². The lowest BCUT2D eigenvalue weighted by Gasteiger charge is -2.32. The molecule has 0 amide bonds. The Balaban J connectivity index is 2.11. The number of anilines is 1. The van der Waals surface area contributed by atoms with Crippen molar-refractivity contribution >= 4 is 11.7 Å². The fraction of sp³-hybridized carbons (Fsp3) is 0.500. The highest BCUT2D eigenvalue weighted by Gasteiger charge is 2.33. The van der Waals surface area contributed by atoms with E-state index in [0.717, 1.165) is 12.1 Å². The lowest BCUT2D eigenvalue weighted by atomic mass is 10.2. The molecule has 0 spiro atoms. The Labute approximate surface area is 167 Å². The van der Waals surface area contributed by atoms with Gasteiger partial charge in [0.1, 0.15) is 11.9 Å². The van der Waals surface area contributed by atoms with E-state index in [2.05, 4.69) is 20.4 Å². The molecule has 1 atom stereocenters. The maximum atomic E-state index is 12.7. The molecule has 1 heterocycles. The number of nitrogens with zero attached hydrogens (tertiary/aromatic N) is 3. The van der Waals surface area contributed by atoms with Crippen LogP contribution in [-0.4, -0.2) is 69.4 Å². The van der Waals surface area contributed by atoms with Crippen molar-refractivity contribution in [2.45, 2.75) is 19.4 Å². The Bertz CT molecular complexity index is 753. The highest BCUT2D eigenvalue weighted by molar-refractivity contribution is 5.76. The van der Waals surface area contributed by atoms with Crippen LogP contribution >= 0.6 is 0 Å². The minimum absolute atomic E-state index is 0.0964. The van der Waals surface area contributed by atoms with Crippen LogP contribution < -0.4 is 20.3 Å². The summed E-state index contributed by atoms with van der Waals surface area (Å²) < 4.78 is 48.0. The van der Waals surface area contributed by atoms with E-state index < -0.39 is 12.1 Å². The van der Waals surface area contributed by atoms with Crippen LogP contribution in [0, 0.1) is 0 Å². The molecular weight excluding hydrogens is 391 g/mol. The monoisotopic (exact) mass is 417 g/mol. The summed E-state index contributed by atoms with van der Waals surface area (Å²) in [5, 5.41) is 15.7. The van der Waals surface area contributed by atoms with Gasteiger partial charge in [-0.3, -0.25) is 0 Å². The average Bonchev–Trinajstić information content (AvgIpc) is 2.61. The molecule has 8 nitrogen and oxygen atoms in total. The number of likely N-dealkylation sites (N-methyl/N-ethyl adjacent to an activating group) is 1. The first-order valence-corrected chi connectivity index (χ1v) is 8.88. The second-order valence-corrected chi connectivity index (χ2v) is 6.77. The van der Waals surface area contributed by atoms with Crippen molar-refractivity contribution in [1.82, 2.24) is 15.5 Å². The number of amidine groups is 1. The van der Waals surface area contributed by atoms with Gasteiger partial charge in [-0.25, -0.2) is 4.99 Å². The van der Waals surface area contributed by atoms with Crippen molar-refractivity contribution in [3.63, 3.8) is 0 Å². The predicted molar refractivity (Wildman–Crippen MR) is 104 cm³/mol. The zero-order valence-corrected chi connectivity index (χ0v) is 16.7. The molecule has 11 heteroatoms. The zero-order valence-electron chi connectivity index (χ0n) is 16.7. The molecule has 0 aromatic heterocycles. The van der Waals surface area contributed by atoms with Gasteiger partial charge in [-0.05, 0) is 33.2 Å². The molecule has 29 heavy (non-hydrogen) atoms. The van der Waals surface area contributed by atoms with Crippen LogP contribution in [-0.2, 0) is 4.74 Å². The molecule has 0 unspecified atom stereocenters. The molecule has 0 fully saturated rings. The Morgan fingerprint density at radius 1 is 1.41 bits per heavy atom. The molecular formula is C18H26F3N5O3. The summed E-state index contributed by atoms with van der Waals surface area (Å²) >= 11 is 0. The summed E-state index contributed by atoms with van der Waals surface area (Å²) in [4.78, 5) is 7.63. The van der Waals surface area contributed by atoms with E-state index in [1.54, 1.807) is 18.1 Å². The number of nitrogens with one attached hydrogen (secondary N) is 2. The standard InChI is InChI=1S/C18H26F3N5O3/c1-12(9-25(3)4)28-17(22-2)24-13-8-23-11-26(10-13)15-7-14(27)5-6-16(15)29-18(19,20)21/h5-8,12,23,27H,9-11H2,1-4H3,(H,22,24)/t12-/m1/s1.